The van der Waals surface area contributed by atoms with Crippen molar-refractivity contribution in [3.63, 3.8) is 0 Å². The van der Waals surface area contributed by atoms with Gasteiger partial charge in [-0.3, -0.25) is 19.3 Å². The lowest BCUT2D eigenvalue weighted by molar-refractivity contribution is -0.116. The van der Waals surface area contributed by atoms with Crippen LogP contribution in [0, 0.1) is 13.8 Å². The normalized spacial score (nSPS) is 18.2. The average Bonchev–Trinajstić information content (AvgIpc) is 3.22. The Morgan fingerprint density at radius 3 is 2.92 bits per heavy atom. The summed E-state index contributed by atoms with van der Waals surface area (Å²) in [7, 11) is 1.77. The lowest BCUT2D eigenvalue weighted by Crippen LogP contribution is -2.33. The first-order valence-electron chi connectivity index (χ1n) is 8.38. The summed E-state index contributed by atoms with van der Waals surface area (Å²) in [6.07, 6.45) is 2.41. The average molecular weight is 347 g/mol. The van der Waals surface area contributed by atoms with Crippen LogP contribution in [0.3, 0.4) is 0 Å². The number of thiazole rings is 1. The zero-order valence-corrected chi connectivity index (χ0v) is 15.6. The van der Waals surface area contributed by atoms with Crippen LogP contribution in [0.4, 0.5) is 5.13 Å². The smallest absolute Gasteiger partial charge is 0.225 e. The van der Waals surface area contributed by atoms with E-state index in [2.05, 4.69) is 38.0 Å². The molecular formula is C17H25N5OS. The predicted octanol–water partition coefficient (Wildman–Crippen LogP) is 2.60. The van der Waals surface area contributed by atoms with Gasteiger partial charge in [0.2, 0.25) is 5.91 Å². The molecule has 7 heteroatoms. The quantitative estimate of drug-likeness (QED) is 0.834. The summed E-state index contributed by atoms with van der Waals surface area (Å²) in [5, 5.41) is 7.43. The highest BCUT2D eigenvalue weighted by Gasteiger charge is 2.26. The van der Waals surface area contributed by atoms with E-state index in [1.54, 1.807) is 18.9 Å². The van der Waals surface area contributed by atoms with Crippen LogP contribution in [0.5, 0.6) is 0 Å². The lowest BCUT2D eigenvalue weighted by atomic mass is 10.2. The summed E-state index contributed by atoms with van der Waals surface area (Å²) in [6.45, 7) is 8.59. The number of hydrogen-bond donors (Lipinski definition) is 0. The van der Waals surface area contributed by atoms with Gasteiger partial charge in [0, 0.05) is 37.6 Å². The second-order valence-electron chi connectivity index (χ2n) is 6.58. The molecule has 24 heavy (non-hydrogen) atoms. The molecule has 130 valence electrons. The van der Waals surface area contributed by atoms with Gasteiger partial charge in [-0.05, 0) is 39.3 Å². The third-order valence-electron chi connectivity index (χ3n) is 4.65. The zero-order valence-electron chi connectivity index (χ0n) is 14.8. The van der Waals surface area contributed by atoms with Gasteiger partial charge in [-0.2, -0.15) is 5.10 Å². The van der Waals surface area contributed by atoms with Crippen molar-refractivity contribution in [2.75, 3.05) is 18.5 Å². The summed E-state index contributed by atoms with van der Waals surface area (Å²) < 4.78 is 2.12. The Kier molecular flexibility index (Phi) is 5.01. The van der Waals surface area contributed by atoms with Crippen LogP contribution in [-0.2, 0) is 17.9 Å². The number of carbonyl (C=O) groups excluding carboxylic acids is 1. The Balaban J connectivity index is 1.66. The molecule has 1 unspecified atom stereocenters. The van der Waals surface area contributed by atoms with Gasteiger partial charge in [0.1, 0.15) is 0 Å². The fourth-order valence-electron chi connectivity index (χ4n) is 3.24. The van der Waals surface area contributed by atoms with Gasteiger partial charge in [0.05, 0.1) is 17.9 Å². The Morgan fingerprint density at radius 2 is 2.25 bits per heavy atom. The number of likely N-dealkylation sites (tertiary alicyclic amines) is 1. The van der Waals surface area contributed by atoms with E-state index < -0.39 is 0 Å². The second kappa shape index (κ2) is 7.03. The highest BCUT2D eigenvalue weighted by atomic mass is 32.1. The Labute approximate surface area is 147 Å². The van der Waals surface area contributed by atoms with Gasteiger partial charge in [0.25, 0.3) is 0 Å². The minimum absolute atomic E-state index is 0.0134. The van der Waals surface area contributed by atoms with Gasteiger partial charge < -0.3 is 0 Å². The topological polar surface area (TPSA) is 54.3 Å². The molecule has 1 saturated heterocycles. The third-order valence-corrected chi connectivity index (χ3v) is 5.62. The number of amides is 1. The third kappa shape index (κ3) is 3.67. The summed E-state index contributed by atoms with van der Waals surface area (Å²) in [5.41, 5.74) is 3.34. The summed E-state index contributed by atoms with van der Waals surface area (Å²) in [4.78, 5) is 20.2. The molecule has 1 aliphatic rings. The van der Waals surface area contributed by atoms with E-state index >= 15 is 0 Å². The molecule has 6 nitrogen and oxygen atoms in total. The lowest BCUT2D eigenvalue weighted by Gasteiger charge is -2.24. The molecule has 3 heterocycles. The number of rotatable bonds is 5. The van der Waals surface area contributed by atoms with Crippen LogP contribution in [-0.4, -0.2) is 45.2 Å². The van der Waals surface area contributed by atoms with E-state index in [-0.39, 0.29) is 5.91 Å². The Hall–Kier alpha value is -1.73. The van der Waals surface area contributed by atoms with E-state index in [9.17, 15) is 4.79 Å². The highest BCUT2D eigenvalue weighted by molar-refractivity contribution is 7.14. The molecule has 1 aliphatic heterocycles. The molecule has 0 radical (unpaired) electrons. The van der Waals surface area contributed by atoms with Crippen LogP contribution in [0.1, 0.15) is 36.8 Å². The van der Waals surface area contributed by atoms with E-state index in [1.807, 2.05) is 6.92 Å². The first-order chi connectivity index (χ1) is 11.4. The monoisotopic (exact) mass is 347 g/mol. The van der Waals surface area contributed by atoms with E-state index in [4.69, 9.17) is 0 Å². The fourth-order valence-corrected chi connectivity index (χ4v) is 4.06. The summed E-state index contributed by atoms with van der Waals surface area (Å²) >= 11 is 1.53. The number of anilines is 1. The molecule has 0 aromatic carbocycles. The van der Waals surface area contributed by atoms with Crippen LogP contribution in [0.15, 0.2) is 11.4 Å². The number of aryl methyl sites for hydroxylation is 2. The Morgan fingerprint density at radius 1 is 1.46 bits per heavy atom. The fraction of sp³-hybridized carbons (Fsp3) is 0.588. The molecule has 1 amide bonds. The van der Waals surface area contributed by atoms with Gasteiger partial charge in [-0.25, -0.2) is 4.98 Å². The van der Waals surface area contributed by atoms with E-state index in [0.717, 1.165) is 36.2 Å². The van der Waals surface area contributed by atoms with Crippen LogP contribution < -0.4 is 4.90 Å². The molecule has 0 N–H and O–H groups in total. The zero-order chi connectivity index (χ0) is 17.3. The first-order valence-corrected chi connectivity index (χ1v) is 9.26. The molecule has 0 bridgehead atoms. The molecule has 2 aromatic rings. The minimum Gasteiger partial charge on any atom is -0.293 e. The SMILES string of the molecule is CC(=O)N(C)c1nc(CN2CCCC2Cn2nc(C)cc2C)cs1. The van der Waals surface area contributed by atoms with Gasteiger partial charge >= 0.3 is 0 Å². The molecule has 1 atom stereocenters. The largest absolute Gasteiger partial charge is 0.293 e. The van der Waals surface area contributed by atoms with Crippen LogP contribution in [0.2, 0.25) is 0 Å². The number of aromatic nitrogens is 3. The number of nitrogens with zero attached hydrogens (tertiary/aromatic N) is 5. The molecular weight excluding hydrogens is 322 g/mol. The maximum atomic E-state index is 11.5. The maximum absolute atomic E-state index is 11.5. The number of carbonyl (C=O) groups is 1. The maximum Gasteiger partial charge on any atom is 0.225 e. The van der Waals surface area contributed by atoms with Crippen molar-refractivity contribution >= 4 is 22.4 Å². The van der Waals surface area contributed by atoms with Crippen molar-refractivity contribution in [3.8, 4) is 0 Å². The van der Waals surface area contributed by atoms with Crippen molar-refractivity contribution in [2.24, 2.45) is 0 Å². The molecule has 3 rings (SSSR count). The standard InChI is InChI=1S/C17H25N5OS/c1-12-8-13(2)22(19-12)10-16-6-5-7-21(16)9-15-11-24-17(18-15)20(4)14(3)23/h8,11,16H,5-7,9-10H2,1-4H3. The van der Waals surface area contributed by atoms with Crippen molar-refractivity contribution in [2.45, 2.75) is 52.7 Å². The predicted molar refractivity (Wildman–Crippen MR) is 96.3 cm³/mol. The highest BCUT2D eigenvalue weighted by Crippen LogP contribution is 2.25. The first kappa shape index (κ1) is 17.1. The summed E-state index contributed by atoms with van der Waals surface area (Å²) in [5.74, 6) is 0.0134. The van der Waals surface area contributed by atoms with Crippen molar-refractivity contribution in [1.82, 2.24) is 19.7 Å². The molecule has 0 saturated carbocycles. The number of hydrogen-bond acceptors (Lipinski definition) is 5. The molecule has 0 aliphatic carbocycles. The second-order valence-corrected chi connectivity index (χ2v) is 7.41. The van der Waals surface area contributed by atoms with Crippen molar-refractivity contribution in [1.29, 1.82) is 0 Å². The van der Waals surface area contributed by atoms with E-state index in [1.165, 1.54) is 29.9 Å². The van der Waals surface area contributed by atoms with Crippen molar-refractivity contribution < 1.29 is 4.79 Å². The Bertz CT molecular complexity index is 722. The van der Waals surface area contributed by atoms with Crippen molar-refractivity contribution in [3.05, 3.63) is 28.5 Å². The molecule has 0 spiro atoms. The molecule has 1 fully saturated rings. The van der Waals surface area contributed by atoms with Gasteiger partial charge in [0.15, 0.2) is 5.13 Å². The minimum atomic E-state index is 0.0134. The van der Waals surface area contributed by atoms with Crippen LogP contribution >= 0.6 is 11.3 Å². The van der Waals surface area contributed by atoms with Crippen LogP contribution in [0.25, 0.3) is 0 Å². The molecule has 2 aromatic heterocycles. The summed E-state index contributed by atoms with van der Waals surface area (Å²) in [6, 6.07) is 2.63. The van der Waals surface area contributed by atoms with Gasteiger partial charge in [-0.15, -0.1) is 11.3 Å². The van der Waals surface area contributed by atoms with E-state index in [0.29, 0.717) is 6.04 Å². The van der Waals surface area contributed by atoms with Gasteiger partial charge in [-0.1, -0.05) is 0 Å².